The minimum atomic E-state index is 0.0145. The highest BCUT2D eigenvalue weighted by Crippen LogP contribution is 2.32. The summed E-state index contributed by atoms with van der Waals surface area (Å²) in [7, 11) is 1.53. The van der Waals surface area contributed by atoms with Crippen LogP contribution in [-0.2, 0) is 0 Å². The molecule has 0 spiro atoms. The van der Waals surface area contributed by atoms with Crippen LogP contribution < -0.4 is 4.74 Å². The van der Waals surface area contributed by atoms with E-state index in [1.165, 1.54) is 13.2 Å². The molecule has 0 fully saturated rings. The van der Waals surface area contributed by atoms with Gasteiger partial charge in [0.25, 0.3) is 5.89 Å². The fraction of sp³-hybridized carbons (Fsp3) is 0.0667. The highest BCUT2D eigenvalue weighted by molar-refractivity contribution is 6.30. The Morgan fingerprint density at radius 1 is 1.14 bits per heavy atom. The molecule has 2 aromatic carbocycles. The number of phenolic OH excluding ortho intramolecular Hbond substituents is 1. The third-order valence-electron chi connectivity index (χ3n) is 2.96. The van der Waals surface area contributed by atoms with Crippen molar-refractivity contribution in [2.24, 2.45) is 0 Å². The van der Waals surface area contributed by atoms with Gasteiger partial charge in [0.15, 0.2) is 0 Å². The van der Waals surface area contributed by atoms with Crippen molar-refractivity contribution in [3.05, 3.63) is 47.5 Å². The Morgan fingerprint density at radius 2 is 1.90 bits per heavy atom. The number of rotatable bonds is 3. The zero-order valence-corrected chi connectivity index (χ0v) is 11.8. The van der Waals surface area contributed by atoms with Crippen molar-refractivity contribution in [2.45, 2.75) is 0 Å². The van der Waals surface area contributed by atoms with Crippen LogP contribution in [0.2, 0.25) is 5.02 Å². The Labute approximate surface area is 125 Å². The zero-order valence-electron chi connectivity index (χ0n) is 11.1. The van der Waals surface area contributed by atoms with Gasteiger partial charge in [0.05, 0.1) is 12.7 Å². The van der Waals surface area contributed by atoms with Gasteiger partial charge >= 0.3 is 0 Å². The van der Waals surface area contributed by atoms with Crippen molar-refractivity contribution < 1.29 is 14.4 Å². The Balaban J connectivity index is 1.96. The standard InChI is InChI=1S/C15H11ClN2O3/c1-20-11-6-7-12(13(19)8-11)15-17-14(18-21-15)9-2-4-10(16)5-3-9/h2-8,19H,1H3. The molecule has 106 valence electrons. The number of hydrogen-bond acceptors (Lipinski definition) is 5. The number of phenols is 1. The van der Waals surface area contributed by atoms with Crippen LogP contribution in [0, 0.1) is 0 Å². The van der Waals surface area contributed by atoms with Crippen LogP contribution in [0.4, 0.5) is 0 Å². The van der Waals surface area contributed by atoms with Crippen molar-refractivity contribution in [3.8, 4) is 34.3 Å². The Bertz CT molecular complexity index is 769. The van der Waals surface area contributed by atoms with E-state index in [0.29, 0.717) is 22.2 Å². The summed E-state index contributed by atoms with van der Waals surface area (Å²) < 4.78 is 10.2. The van der Waals surface area contributed by atoms with Crippen molar-refractivity contribution in [1.29, 1.82) is 0 Å². The second-order valence-electron chi connectivity index (χ2n) is 4.31. The van der Waals surface area contributed by atoms with Crippen molar-refractivity contribution in [1.82, 2.24) is 10.1 Å². The average Bonchev–Trinajstić information content (AvgIpc) is 2.97. The molecule has 3 rings (SSSR count). The lowest BCUT2D eigenvalue weighted by Gasteiger charge is -2.02. The largest absolute Gasteiger partial charge is 0.507 e. The van der Waals surface area contributed by atoms with Crippen LogP contribution in [0.5, 0.6) is 11.5 Å². The summed E-state index contributed by atoms with van der Waals surface area (Å²) in [5.74, 6) is 1.23. The van der Waals surface area contributed by atoms with Gasteiger partial charge in [-0.25, -0.2) is 0 Å². The van der Waals surface area contributed by atoms with Crippen LogP contribution in [0.3, 0.4) is 0 Å². The molecule has 1 aromatic heterocycles. The topological polar surface area (TPSA) is 68.4 Å². The van der Waals surface area contributed by atoms with Gasteiger partial charge in [0, 0.05) is 16.7 Å². The number of hydrogen-bond donors (Lipinski definition) is 1. The van der Waals surface area contributed by atoms with E-state index in [-0.39, 0.29) is 11.6 Å². The van der Waals surface area contributed by atoms with Crippen LogP contribution in [0.1, 0.15) is 0 Å². The minimum absolute atomic E-state index is 0.0145. The minimum Gasteiger partial charge on any atom is -0.507 e. The SMILES string of the molecule is COc1ccc(-c2nc(-c3ccc(Cl)cc3)no2)c(O)c1. The van der Waals surface area contributed by atoms with E-state index in [1.807, 2.05) is 0 Å². The Kier molecular flexibility index (Phi) is 3.50. The van der Waals surface area contributed by atoms with E-state index in [2.05, 4.69) is 10.1 Å². The molecule has 0 amide bonds. The first-order chi connectivity index (χ1) is 10.2. The number of methoxy groups -OCH3 is 1. The second-order valence-corrected chi connectivity index (χ2v) is 4.75. The summed E-state index contributed by atoms with van der Waals surface area (Å²) in [6.45, 7) is 0. The van der Waals surface area contributed by atoms with Gasteiger partial charge in [-0.2, -0.15) is 4.98 Å². The fourth-order valence-corrected chi connectivity index (χ4v) is 1.99. The number of benzene rings is 2. The second kappa shape index (κ2) is 5.46. The zero-order chi connectivity index (χ0) is 14.8. The Hall–Kier alpha value is -2.53. The lowest BCUT2D eigenvalue weighted by Crippen LogP contribution is -1.85. The molecule has 0 saturated carbocycles. The highest BCUT2D eigenvalue weighted by Gasteiger charge is 2.14. The first-order valence-corrected chi connectivity index (χ1v) is 6.52. The number of ether oxygens (including phenoxy) is 1. The van der Waals surface area contributed by atoms with E-state index in [1.54, 1.807) is 36.4 Å². The lowest BCUT2D eigenvalue weighted by molar-refractivity contribution is 0.405. The predicted octanol–water partition coefficient (Wildman–Crippen LogP) is 3.77. The Morgan fingerprint density at radius 3 is 2.57 bits per heavy atom. The van der Waals surface area contributed by atoms with Crippen LogP contribution in [-0.4, -0.2) is 22.4 Å². The summed E-state index contributed by atoms with van der Waals surface area (Å²) >= 11 is 5.84. The lowest BCUT2D eigenvalue weighted by atomic mass is 10.2. The number of aromatic hydroxyl groups is 1. The average molecular weight is 303 g/mol. The monoisotopic (exact) mass is 302 g/mol. The molecule has 1 N–H and O–H groups in total. The predicted molar refractivity (Wildman–Crippen MR) is 78.4 cm³/mol. The molecule has 5 nitrogen and oxygen atoms in total. The third-order valence-corrected chi connectivity index (χ3v) is 3.22. The molecular weight excluding hydrogens is 292 g/mol. The normalized spacial score (nSPS) is 10.6. The summed E-state index contributed by atoms with van der Waals surface area (Å²) in [5, 5.41) is 14.5. The number of halogens is 1. The molecule has 0 unspecified atom stereocenters. The van der Waals surface area contributed by atoms with Crippen LogP contribution >= 0.6 is 11.6 Å². The first kappa shape index (κ1) is 13.5. The van der Waals surface area contributed by atoms with Gasteiger partial charge in [-0.15, -0.1) is 0 Å². The first-order valence-electron chi connectivity index (χ1n) is 6.14. The van der Waals surface area contributed by atoms with E-state index >= 15 is 0 Å². The summed E-state index contributed by atoms with van der Waals surface area (Å²) in [5.41, 5.74) is 1.23. The molecule has 3 aromatic rings. The summed E-state index contributed by atoms with van der Waals surface area (Å²) in [6, 6.07) is 11.9. The fourth-order valence-electron chi connectivity index (χ4n) is 1.87. The van der Waals surface area contributed by atoms with Crippen LogP contribution in [0.15, 0.2) is 47.0 Å². The number of aromatic nitrogens is 2. The third kappa shape index (κ3) is 2.68. The molecule has 1 heterocycles. The molecule has 0 aliphatic rings. The van der Waals surface area contributed by atoms with Crippen molar-refractivity contribution in [2.75, 3.05) is 7.11 Å². The van der Waals surface area contributed by atoms with E-state index in [9.17, 15) is 5.11 Å². The van der Waals surface area contributed by atoms with Crippen LogP contribution in [0.25, 0.3) is 22.8 Å². The maximum absolute atomic E-state index is 9.97. The van der Waals surface area contributed by atoms with Gasteiger partial charge in [0.1, 0.15) is 11.5 Å². The van der Waals surface area contributed by atoms with E-state index in [4.69, 9.17) is 20.9 Å². The smallest absolute Gasteiger partial charge is 0.262 e. The molecular formula is C15H11ClN2O3. The van der Waals surface area contributed by atoms with Crippen molar-refractivity contribution >= 4 is 11.6 Å². The maximum Gasteiger partial charge on any atom is 0.262 e. The van der Waals surface area contributed by atoms with Gasteiger partial charge in [0.2, 0.25) is 5.82 Å². The van der Waals surface area contributed by atoms with Gasteiger partial charge in [-0.1, -0.05) is 16.8 Å². The van der Waals surface area contributed by atoms with E-state index in [0.717, 1.165) is 5.56 Å². The molecule has 0 bridgehead atoms. The summed E-state index contributed by atoms with van der Waals surface area (Å²) in [6.07, 6.45) is 0. The van der Waals surface area contributed by atoms with Gasteiger partial charge in [-0.05, 0) is 36.4 Å². The molecule has 21 heavy (non-hydrogen) atoms. The van der Waals surface area contributed by atoms with E-state index < -0.39 is 0 Å². The molecule has 0 saturated heterocycles. The molecule has 0 radical (unpaired) electrons. The molecule has 6 heteroatoms. The quantitative estimate of drug-likeness (QED) is 0.797. The molecule has 0 atom stereocenters. The molecule has 0 aliphatic heterocycles. The summed E-state index contributed by atoms with van der Waals surface area (Å²) in [4.78, 5) is 4.28. The highest BCUT2D eigenvalue weighted by atomic mass is 35.5. The molecule has 0 aliphatic carbocycles. The van der Waals surface area contributed by atoms with Crippen molar-refractivity contribution in [3.63, 3.8) is 0 Å². The van der Waals surface area contributed by atoms with Gasteiger partial charge in [-0.3, -0.25) is 0 Å². The number of nitrogens with zero attached hydrogens (tertiary/aromatic N) is 2. The maximum atomic E-state index is 9.97. The van der Waals surface area contributed by atoms with Gasteiger partial charge < -0.3 is 14.4 Å².